The molecule has 0 radical (unpaired) electrons. The van der Waals surface area contributed by atoms with Crippen LogP contribution in [0.1, 0.15) is 5.56 Å². The third-order valence-corrected chi connectivity index (χ3v) is 5.14. The Morgan fingerprint density at radius 1 is 1.07 bits per heavy atom. The Labute approximate surface area is 170 Å². The summed E-state index contributed by atoms with van der Waals surface area (Å²) in [5.41, 5.74) is 1.52. The molecule has 0 aliphatic carbocycles. The molecule has 0 N–H and O–H groups in total. The minimum Gasteiger partial charge on any atom is -0.454 e. The zero-order chi connectivity index (χ0) is 21.4. The molecule has 0 unspecified atom stereocenters. The van der Waals surface area contributed by atoms with E-state index in [1.165, 1.54) is 4.90 Å². The number of amides is 1. The summed E-state index contributed by atoms with van der Waals surface area (Å²) < 4.78 is 30.2. The van der Waals surface area contributed by atoms with Crippen molar-refractivity contribution >= 4 is 33.3 Å². The van der Waals surface area contributed by atoms with Gasteiger partial charge in [-0.1, -0.05) is 36.4 Å². The van der Waals surface area contributed by atoms with Crippen molar-refractivity contribution < 1.29 is 22.7 Å². The molecular weight excluding hydrogens is 394 g/mol. The number of carbonyl (C=O) groups is 2. The molecule has 0 aromatic heterocycles. The van der Waals surface area contributed by atoms with E-state index in [-0.39, 0.29) is 6.54 Å². The molecule has 9 heteroatoms. The second-order valence-electron chi connectivity index (χ2n) is 6.19. The van der Waals surface area contributed by atoms with E-state index < -0.39 is 35.1 Å². The highest BCUT2D eigenvalue weighted by Gasteiger charge is 2.24. The van der Waals surface area contributed by atoms with Crippen LogP contribution in [0.3, 0.4) is 0 Å². The lowest BCUT2D eigenvalue weighted by Crippen LogP contribution is -2.39. The number of esters is 1. The molecule has 0 spiro atoms. The quantitative estimate of drug-likeness (QED) is 0.481. The molecule has 0 aliphatic heterocycles. The minimum atomic E-state index is -3.75. The lowest BCUT2D eigenvalue weighted by molar-refractivity contribution is -0.146. The maximum atomic E-state index is 12.4. The molecule has 1 amide bonds. The first-order valence-corrected chi connectivity index (χ1v) is 10.5. The summed E-state index contributed by atoms with van der Waals surface area (Å²) in [5.74, 6) is -1.47. The van der Waals surface area contributed by atoms with Gasteiger partial charge < -0.3 is 4.74 Å². The van der Waals surface area contributed by atoms with Crippen molar-refractivity contribution in [3.63, 3.8) is 0 Å². The Kier molecular flexibility index (Phi) is 7.33. The average Bonchev–Trinajstić information content (AvgIpc) is 2.69. The zero-order valence-corrected chi connectivity index (χ0v) is 16.9. The van der Waals surface area contributed by atoms with Crippen molar-refractivity contribution in [2.75, 3.05) is 35.2 Å². The number of ether oxygens (including phenoxy) is 1. The zero-order valence-electron chi connectivity index (χ0n) is 16.1. The summed E-state index contributed by atoms with van der Waals surface area (Å²) in [7, 11) is -3.75. The lowest BCUT2D eigenvalue weighted by Gasteiger charge is -2.23. The fourth-order valence-corrected chi connectivity index (χ4v) is 3.51. The number of nitriles is 1. The van der Waals surface area contributed by atoms with Gasteiger partial charge in [0.2, 0.25) is 10.0 Å². The Hall–Kier alpha value is -3.38. The number of hydrogen-bond donors (Lipinski definition) is 0. The number of nitrogens with zero attached hydrogens (tertiary/aromatic N) is 3. The summed E-state index contributed by atoms with van der Waals surface area (Å²) in [6, 6.07) is 17.1. The van der Waals surface area contributed by atoms with E-state index >= 15 is 0 Å². The molecule has 0 heterocycles. The van der Waals surface area contributed by atoms with Gasteiger partial charge in [-0.25, -0.2) is 8.42 Å². The molecule has 2 aromatic carbocycles. The fourth-order valence-electron chi connectivity index (χ4n) is 2.61. The van der Waals surface area contributed by atoms with E-state index in [4.69, 9.17) is 10.00 Å². The standard InChI is InChI=1S/C20H21N3O5S/c1-16-8-6-7-11-18(16)23(29(2,26)27)14-20(25)28-15-19(24)22(13-12-21)17-9-4-3-5-10-17/h3-11H,13-15H2,1-2H3. The van der Waals surface area contributed by atoms with Crippen molar-refractivity contribution in [2.24, 2.45) is 0 Å². The Morgan fingerprint density at radius 2 is 1.69 bits per heavy atom. The van der Waals surface area contributed by atoms with Crippen LogP contribution in [0.15, 0.2) is 54.6 Å². The summed E-state index contributed by atoms with van der Waals surface area (Å²) in [5, 5.41) is 8.96. The number of hydrogen-bond acceptors (Lipinski definition) is 6. The fraction of sp³-hybridized carbons (Fsp3) is 0.250. The molecular formula is C20H21N3O5S. The molecule has 0 atom stereocenters. The maximum Gasteiger partial charge on any atom is 0.327 e. The maximum absolute atomic E-state index is 12.4. The lowest BCUT2D eigenvalue weighted by atomic mass is 10.2. The van der Waals surface area contributed by atoms with Crippen LogP contribution in [0, 0.1) is 18.3 Å². The van der Waals surface area contributed by atoms with Gasteiger partial charge in [-0.15, -0.1) is 0 Å². The van der Waals surface area contributed by atoms with Crippen LogP contribution in [0.4, 0.5) is 11.4 Å². The van der Waals surface area contributed by atoms with E-state index in [0.29, 0.717) is 16.9 Å². The first-order chi connectivity index (χ1) is 13.7. The molecule has 0 aliphatic rings. The van der Waals surface area contributed by atoms with Crippen molar-refractivity contribution in [3.05, 3.63) is 60.2 Å². The van der Waals surface area contributed by atoms with E-state index in [9.17, 15) is 18.0 Å². The number of anilines is 2. The second-order valence-corrected chi connectivity index (χ2v) is 8.10. The van der Waals surface area contributed by atoms with Crippen molar-refractivity contribution in [2.45, 2.75) is 6.92 Å². The summed E-state index contributed by atoms with van der Waals surface area (Å²) in [6.07, 6.45) is 0.988. The molecule has 0 bridgehead atoms. The number of aryl methyl sites for hydroxylation is 1. The van der Waals surface area contributed by atoms with Gasteiger partial charge in [-0.2, -0.15) is 5.26 Å². The van der Waals surface area contributed by atoms with Crippen LogP contribution >= 0.6 is 0 Å². The first kappa shape index (κ1) is 21.9. The third-order valence-electron chi connectivity index (χ3n) is 4.01. The molecule has 0 saturated carbocycles. The average molecular weight is 415 g/mol. The van der Waals surface area contributed by atoms with Crippen LogP contribution in [0.5, 0.6) is 0 Å². The van der Waals surface area contributed by atoms with Gasteiger partial charge in [0.15, 0.2) is 6.61 Å². The SMILES string of the molecule is Cc1ccccc1N(CC(=O)OCC(=O)N(CC#N)c1ccccc1)S(C)(=O)=O. The predicted octanol–water partition coefficient (Wildman–Crippen LogP) is 1.86. The topological polar surface area (TPSA) is 108 Å². The van der Waals surface area contributed by atoms with Crippen molar-refractivity contribution in [1.29, 1.82) is 5.26 Å². The number of benzene rings is 2. The van der Waals surface area contributed by atoms with Gasteiger partial charge in [-0.3, -0.25) is 18.8 Å². The summed E-state index contributed by atoms with van der Waals surface area (Å²) in [6.45, 7) is 0.336. The molecule has 0 fully saturated rings. The van der Waals surface area contributed by atoms with Crippen LogP contribution in [0.25, 0.3) is 0 Å². The van der Waals surface area contributed by atoms with Gasteiger partial charge in [-0.05, 0) is 30.7 Å². The Bertz CT molecular complexity index is 1020. The normalized spacial score (nSPS) is 10.7. The smallest absolute Gasteiger partial charge is 0.327 e. The van der Waals surface area contributed by atoms with Gasteiger partial charge in [0.1, 0.15) is 13.1 Å². The van der Waals surface area contributed by atoms with Gasteiger partial charge in [0.25, 0.3) is 5.91 Å². The third kappa shape index (κ3) is 6.05. The molecule has 2 rings (SSSR count). The second kappa shape index (κ2) is 9.71. The summed E-state index contributed by atoms with van der Waals surface area (Å²) >= 11 is 0. The largest absolute Gasteiger partial charge is 0.454 e. The highest BCUT2D eigenvalue weighted by Crippen LogP contribution is 2.22. The molecule has 29 heavy (non-hydrogen) atoms. The van der Waals surface area contributed by atoms with E-state index in [2.05, 4.69) is 0 Å². The number of rotatable bonds is 8. The van der Waals surface area contributed by atoms with Crippen molar-refractivity contribution in [1.82, 2.24) is 0 Å². The highest BCUT2D eigenvalue weighted by molar-refractivity contribution is 7.92. The summed E-state index contributed by atoms with van der Waals surface area (Å²) in [4.78, 5) is 25.8. The Morgan fingerprint density at radius 3 is 2.28 bits per heavy atom. The number of carbonyl (C=O) groups excluding carboxylic acids is 2. The predicted molar refractivity (Wildman–Crippen MR) is 109 cm³/mol. The van der Waals surface area contributed by atoms with Crippen molar-refractivity contribution in [3.8, 4) is 6.07 Å². The van der Waals surface area contributed by atoms with E-state index in [1.54, 1.807) is 61.5 Å². The first-order valence-electron chi connectivity index (χ1n) is 8.65. The molecule has 152 valence electrons. The molecule has 0 saturated heterocycles. The Balaban J connectivity index is 2.08. The van der Waals surface area contributed by atoms with Crippen LogP contribution in [0.2, 0.25) is 0 Å². The molecule has 2 aromatic rings. The van der Waals surface area contributed by atoms with Crippen LogP contribution in [-0.2, 0) is 24.3 Å². The van der Waals surface area contributed by atoms with Crippen LogP contribution < -0.4 is 9.21 Å². The van der Waals surface area contributed by atoms with Gasteiger partial charge >= 0.3 is 5.97 Å². The van der Waals surface area contributed by atoms with Crippen LogP contribution in [-0.4, -0.2) is 46.2 Å². The van der Waals surface area contributed by atoms with E-state index in [0.717, 1.165) is 10.6 Å². The minimum absolute atomic E-state index is 0.209. The monoisotopic (exact) mass is 415 g/mol. The number of para-hydroxylation sites is 2. The van der Waals surface area contributed by atoms with Gasteiger partial charge in [0.05, 0.1) is 18.0 Å². The molecule has 8 nitrogen and oxygen atoms in total. The van der Waals surface area contributed by atoms with E-state index in [1.807, 2.05) is 6.07 Å². The van der Waals surface area contributed by atoms with Gasteiger partial charge in [0, 0.05) is 5.69 Å². The highest BCUT2D eigenvalue weighted by atomic mass is 32.2. The number of sulfonamides is 1.